The van der Waals surface area contributed by atoms with E-state index in [1.807, 2.05) is 11.6 Å². The zero-order valence-electron chi connectivity index (χ0n) is 13.8. The number of benzene rings is 1. The summed E-state index contributed by atoms with van der Waals surface area (Å²) in [6.45, 7) is 4.25. The van der Waals surface area contributed by atoms with Crippen molar-refractivity contribution >= 4 is 11.5 Å². The predicted octanol–water partition coefficient (Wildman–Crippen LogP) is 3.11. The largest absolute Gasteiger partial charge is 0.381 e. The van der Waals surface area contributed by atoms with E-state index in [0.29, 0.717) is 13.2 Å². The number of rotatable bonds is 6. The van der Waals surface area contributed by atoms with Gasteiger partial charge in [-0.25, -0.2) is 4.68 Å². The number of ether oxygens (including phenoxy) is 1. The Hall–Kier alpha value is -2.41. The van der Waals surface area contributed by atoms with Crippen LogP contribution in [0.1, 0.15) is 31.0 Å². The minimum atomic E-state index is -0.390. The number of non-ortho nitro benzene ring substituents is 1. The van der Waals surface area contributed by atoms with Crippen molar-refractivity contribution in [3.05, 3.63) is 45.6 Å². The second-order valence-corrected chi connectivity index (χ2v) is 5.79. The Morgan fingerprint density at radius 1 is 1.33 bits per heavy atom. The summed E-state index contributed by atoms with van der Waals surface area (Å²) in [6.07, 6.45) is 4.03. The Balaban J connectivity index is 1.95. The van der Waals surface area contributed by atoms with E-state index in [9.17, 15) is 10.1 Å². The number of hydrogen-bond donors (Lipinski definition) is 1. The van der Waals surface area contributed by atoms with Gasteiger partial charge < -0.3 is 10.1 Å². The maximum atomic E-state index is 10.8. The van der Waals surface area contributed by atoms with Crippen LogP contribution in [-0.4, -0.2) is 34.5 Å². The first-order valence-corrected chi connectivity index (χ1v) is 8.38. The second-order valence-electron chi connectivity index (χ2n) is 5.79. The second kappa shape index (κ2) is 7.44. The molecule has 128 valence electrons. The molecule has 1 aliphatic rings. The van der Waals surface area contributed by atoms with Gasteiger partial charge >= 0.3 is 0 Å². The molecule has 1 aliphatic heterocycles. The van der Waals surface area contributed by atoms with Gasteiger partial charge in [0, 0.05) is 37.3 Å². The number of nitro benzene ring substituents is 1. The van der Waals surface area contributed by atoms with Gasteiger partial charge in [0.25, 0.3) is 5.69 Å². The van der Waals surface area contributed by atoms with Gasteiger partial charge in [-0.1, -0.05) is 0 Å². The van der Waals surface area contributed by atoms with E-state index in [-0.39, 0.29) is 10.6 Å². The summed E-state index contributed by atoms with van der Waals surface area (Å²) in [4.78, 5) is 10.4. The average Bonchev–Trinajstić information content (AvgIpc) is 2.77. The summed E-state index contributed by atoms with van der Waals surface area (Å²) in [5, 5.41) is 19.1. The van der Waals surface area contributed by atoms with E-state index in [1.54, 1.807) is 12.1 Å². The SMILES string of the molecule is CCOCCc1nn(-c2ccc([N+](=O)[O-])cc2)c2c1CCCCN2. The van der Waals surface area contributed by atoms with Crippen molar-refractivity contribution in [3.8, 4) is 5.69 Å². The Labute approximate surface area is 140 Å². The van der Waals surface area contributed by atoms with Gasteiger partial charge in [0.2, 0.25) is 0 Å². The topological polar surface area (TPSA) is 82.2 Å². The number of hydrogen-bond acceptors (Lipinski definition) is 5. The fraction of sp³-hybridized carbons (Fsp3) is 0.471. The Morgan fingerprint density at radius 3 is 2.83 bits per heavy atom. The number of anilines is 1. The lowest BCUT2D eigenvalue weighted by atomic mass is 10.1. The molecule has 7 nitrogen and oxygen atoms in total. The van der Waals surface area contributed by atoms with Gasteiger partial charge in [-0.2, -0.15) is 5.10 Å². The molecule has 0 bridgehead atoms. The molecule has 0 aliphatic carbocycles. The minimum absolute atomic E-state index is 0.0847. The molecule has 1 aromatic carbocycles. The summed E-state index contributed by atoms with van der Waals surface area (Å²) in [7, 11) is 0. The van der Waals surface area contributed by atoms with Crippen LogP contribution in [0.3, 0.4) is 0 Å². The molecule has 0 saturated heterocycles. The average molecular weight is 330 g/mol. The molecular weight excluding hydrogens is 308 g/mol. The molecule has 1 N–H and O–H groups in total. The van der Waals surface area contributed by atoms with Crippen LogP contribution in [0.25, 0.3) is 5.69 Å². The molecule has 0 amide bonds. The highest BCUT2D eigenvalue weighted by Gasteiger charge is 2.20. The molecule has 1 aromatic heterocycles. The molecule has 0 saturated carbocycles. The normalized spacial score (nSPS) is 13.9. The quantitative estimate of drug-likeness (QED) is 0.500. The fourth-order valence-electron chi connectivity index (χ4n) is 2.99. The molecule has 2 heterocycles. The third-order valence-corrected chi connectivity index (χ3v) is 4.21. The van der Waals surface area contributed by atoms with Crippen LogP contribution in [0.15, 0.2) is 24.3 Å². The standard InChI is InChI=1S/C17H22N4O3/c1-2-24-12-10-16-15-5-3-4-11-18-17(15)20(19-16)13-6-8-14(9-7-13)21(22)23/h6-9,18H,2-5,10-12H2,1H3. The van der Waals surface area contributed by atoms with Gasteiger partial charge in [0.15, 0.2) is 0 Å². The van der Waals surface area contributed by atoms with Crippen LogP contribution in [0.2, 0.25) is 0 Å². The van der Waals surface area contributed by atoms with Crippen LogP contribution in [0.4, 0.5) is 11.5 Å². The molecule has 2 aromatic rings. The van der Waals surface area contributed by atoms with Crippen LogP contribution in [0, 0.1) is 10.1 Å². The Kier molecular flexibility index (Phi) is 5.10. The maximum absolute atomic E-state index is 10.8. The first kappa shape index (κ1) is 16.4. The first-order valence-electron chi connectivity index (χ1n) is 8.38. The van der Waals surface area contributed by atoms with Gasteiger partial charge in [-0.15, -0.1) is 0 Å². The monoisotopic (exact) mass is 330 g/mol. The summed E-state index contributed by atoms with van der Waals surface area (Å²) in [6, 6.07) is 6.51. The van der Waals surface area contributed by atoms with E-state index in [1.165, 1.54) is 17.7 Å². The molecular formula is C17H22N4O3. The van der Waals surface area contributed by atoms with E-state index in [0.717, 1.165) is 49.4 Å². The first-order chi connectivity index (χ1) is 11.7. The molecule has 24 heavy (non-hydrogen) atoms. The van der Waals surface area contributed by atoms with Crippen LogP contribution in [0.5, 0.6) is 0 Å². The zero-order valence-corrected chi connectivity index (χ0v) is 13.8. The summed E-state index contributed by atoms with van der Waals surface area (Å²) in [5.74, 6) is 1.01. The summed E-state index contributed by atoms with van der Waals surface area (Å²) >= 11 is 0. The molecule has 0 unspecified atom stereocenters. The lowest BCUT2D eigenvalue weighted by Crippen LogP contribution is -2.07. The van der Waals surface area contributed by atoms with Crippen LogP contribution < -0.4 is 5.32 Å². The summed E-state index contributed by atoms with van der Waals surface area (Å²) < 4.78 is 7.34. The number of nitrogens with zero attached hydrogens (tertiary/aromatic N) is 3. The van der Waals surface area contributed by atoms with Crippen molar-refractivity contribution in [2.75, 3.05) is 25.1 Å². The van der Waals surface area contributed by atoms with Crippen molar-refractivity contribution in [1.82, 2.24) is 9.78 Å². The summed E-state index contributed by atoms with van der Waals surface area (Å²) in [5.41, 5.74) is 3.20. The Morgan fingerprint density at radius 2 is 2.12 bits per heavy atom. The van der Waals surface area contributed by atoms with E-state index in [4.69, 9.17) is 9.84 Å². The highest BCUT2D eigenvalue weighted by Crippen LogP contribution is 2.29. The van der Waals surface area contributed by atoms with Crippen molar-refractivity contribution in [2.24, 2.45) is 0 Å². The number of fused-ring (bicyclic) bond motifs is 1. The Bertz CT molecular complexity index is 709. The molecule has 0 fully saturated rings. The highest BCUT2D eigenvalue weighted by molar-refractivity contribution is 5.55. The van der Waals surface area contributed by atoms with Gasteiger partial charge in [0.1, 0.15) is 5.82 Å². The van der Waals surface area contributed by atoms with Crippen LogP contribution in [-0.2, 0) is 17.6 Å². The van der Waals surface area contributed by atoms with Crippen molar-refractivity contribution in [3.63, 3.8) is 0 Å². The molecule has 7 heteroatoms. The lowest BCUT2D eigenvalue weighted by molar-refractivity contribution is -0.384. The maximum Gasteiger partial charge on any atom is 0.269 e. The van der Waals surface area contributed by atoms with Gasteiger partial charge in [-0.05, 0) is 38.3 Å². The third kappa shape index (κ3) is 3.41. The van der Waals surface area contributed by atoms with E-state index >= 15 is 0 Å². The van der Waals surface area contributed by atoms with Crippen molar-refractivity contribution < 1.29 is 9.66 Å². The van der Waals surface area contributed by atoms with Crippen molar-refractivity contribution in [1.29, 1.82) is 0 Å². The lowest BCUT2D eigenvalue weighted by Gasteiger charge is -2.09. The predicted molar refractivity (Wildman–Crippen MR) is 91.8 cm³/mol. The van der Waals surface area contributed by atoms with E-state index < -0.39 is 0 Å². The number of nitrogens with one attached hydrogen (secondary N) is 1. The third-order valence-electron chi connectivity index (χ3n) is 4.21. The van der Waals surface area contributed by atoms with Crippen molar-refractivity contribution in [2.45, 2.75) is 32.6 Å². The van der Waals surface area contributed by atoms with Gasteiger partial charge in [-0.3, -0.25) is 10.1 Å². The molecule has 0 atom stereocenters. The minimum Gasteiger partial charge on any atom is -0.381 e. The number of aromatic nitrogens is 2. The molecule has 0 spiro atoms. The van der Waals surface area contributed by atoms with E-state index in [2.05, 4.69) is 5.32 Å². The molecule has 0 radical (unpaired) electrons. The molecule has 3 rings (SSSR count). The fourth-order valence-corrected chi connectivity index (χ4v) is 2.99. The highest BCUT2D eigenvalue weighted by atomic mass is 16.6. The smallest absolute Gasteiger partial charge is 0.269 e. The zero-order chi connectivity index (χ0) is 16.9. The van der Waals surface area contributed by atoms with Crippen LogP contribution >= 0.6 is 0 Å². The van der Waals surface area contributed by atoms with Gasteiger partial charge in [0.05, 0.1) is 22.9 Å². The number of nitro groups is 1.